The van der Waals surface area contributed by atoms with Crippen LogP contribution in [0.4, 0.5) is 0 Å². The minimum absolute atomic E-state index is 0. The van der Waals surface area contributed by atoms with Crippen molar-refractivity contribution in [2.24, 2.45) is 5.73 Å². The van der Waals surface area contributed by atoms with Crippen molar-refractivity contribution in [2.45, 2.75) is 19.4 Å². The molecule has 0 radical (unpaired) electrons. The molecule has 1 aromatic carbocycles. The van der Waals surface area contributed by atoms with E-state index in [1.807, 2.05) is 6.92 Å². The Bertz CT molecular complexity index is 620. The van der Waals surface area contributed by atoms with E-state index < -0.39 is 6.04 Å². The highest BCUT2D eigenvalue weighted by molar-refractivity contribution is 7.09. The van der Waals surface area contributed by atoms with Crippen LogP contribution in [0.3, 0.4) is 0 Å². The molecule has 5 nitrogen and oxygen atoms in total. The summed E-state index contributed by atoms with van der Waals surface area (Å²) in [6, 6.07) is 7.63. The predicted molar refractivity (Wildman–Crippen MR) is 103 cm³/mol. The monoisotopic (exact) mass is 391 g/mol. The van der Waals surface area contributed by atoms with Crippen molar-refractivity contribution in [3.63, 3.8) is 0 Å². The van der Waals surface area contributed by atoms with Crippen molar-refractivity contribution in [3.8, 4) is 11.3 Å². The van der Waals surface area contributed by atoms with E-state index in [0.717, 1.165) is 28.2 Å². The van der Waals surface area contributed by atoms with Gasteiger partial charge in [-0.05, 0) is 18.9 Å². The molecule has 2 aromatic rings. The zero-order valence-corrected chi connectivity index (χ0v) is 16.1. The van der Waals surface area contributed by atoms with Gasteiger partial charge in [-0.1, -0.05) is 24.3 Å². The fourth-order valence-corrected chi connectivity index (χ4v) is 2.68. The SMILES string of the molecule is COCC(N)C(=O)NCCc1ccc(-c2csc(C)n2)cc1.Cl.Cl. The molecule has 0 fully saturated rings. The third kappa shape index (κ3) is 6.75. The lowest BCUT2D eigenvalue weighted by atomic mass is 10.1. The van der Waals surface area contributed by atoms with E-state index in [0.29, 0.717) is 6.54 Å². The standard InChI is InChI=1S/C16H21N3O2S.2ClH/c1-11-19-15(10-22-11)13-5-3-12(4-6-13)7-8-18-16(20)14(17)9-21-2;;/h3-6,10,14H,7-9,17H2,1-2H3,(H,18,20);2*1H. The van der Waals surface area contributed by atoms with Crippen LogP contribution in [-0.2, 0) is 16.0 Å². The molecule has 1 heterocycles. The molecule has 1 unspecified atom stereocenters. The van der Waals surface area contributed by atoms with Crippen LogP contribution in [0.2, 0.25) is 0 Å². The number of thiazole rings is 1. The Morgan fingerprint density at radius 2 is 2.00 bits per heavy atom. The van der Waals surface area contributed by atoms with Crippen LogP contribution >= 0.6 is 36.2 Å². The van der Waals surface area contributed by atoms with Crippen molar-refractivity contribution in [2.75, 3.05) is 20.3 Å². The quantitative estimate of drug-likeness (QED) is 0.760. The highest BCUT2D eigenvalue weighted by Crippen LogP contribution is 2.21. The Morgan fingerprint density at radius 1 is 1.33 bits per heavy atom. The summed E-state index contributed by atoms with van der Waals surface area (Å²) >= 11 is 1.65. The van der Waals surface area contributed by atoms with Gasteiger partial charge in [-0.15, -0.1) is 36.2 Å². The van der Waals surface area contributed by atoms with Gasteiger partial charge in [-0.25, -0.2) is 4.98 Å². The lowest BCUT2D eigenvalue weighted by Gasteiger charge is -2.11. The maximum Gasteiger partial charge on any atom is 0.239 e. The zero-order chi connectivity index (χ0) is 15.9. The Morgan fingerprint density at radius 3 is 2.54 bits per heavy atom. The summed E-state index contributed by atoms with van der Waals surface area (Å²) < 4.78 is 4.86. The molecule has 3 N–H and O–H groups in total. The number of methoxy groups -OCH3 is 1. The third-order valence-corrected chi connectivity index (χ3v) is 4.04. The average molecular weight is 392 g/mol. The summed E-state index contributed by atoms with van der Waals surface area (Å²) in [7, 11) is 1.53. The van der Waals surface area contributed by atoms with Crippen LogP contribution in [0, 0.1) is 6.92 Å². The second kappa shape index (κ2) is 11.4. The second-order valence-corrected chi connectivity index (χ2v) is 6.11. The first-order valence-corrected chi connectivity index (χ1v) is 8.02. The second-order valence-electron chi connectivity index (χ2n) is 5.05. The van der Waals surface area contributed by atoms with E-state index in [-0.39, 0.29) is 37.3 Å². The van der Waals surface area contributed by atoms with Gasteiger partial charge in [0.05, 0.1) is 17.3 Å². The number of nitrogens with zero attached hydrogens (tertiary/aromatic N) is 1. The molecule has 0 aliphatic rings. The van der Waals surface area contributed by atoms with Gasteiger partial charge in [0.2, 0.25) is 5.91 Å². The summed E-state index contributed by atoms with van der Waals surface area (Å²) in [4.78, 5) is 16.1. The first-order chi connectivity index (χ1) is 10.6. The van der Waals surface area contributed by atoms with Gasteiger partial charge in [-0.3, -0.25) is 4.79 Å². The lowest BCUT2D eigenvalue weighted by molar-refractivity contribution is -0.123. The van der Waals surface area contributed by atoms with E-state index in [1.54, 1.807) is 11.3 Å². The first kappa shape index (κ1) is 22.8. The average Bonchev–Trinajstić information content (AvgIpc) is 2.94. The largest absolute Gasteiger partial charge is 0.383 e. The van der Waals surface area contributed by atoms with Crippen LogP contribution in [-0.4, -0.2) is 37.2 Å². The van der Waals surface area contributed by atoms with Crippen LogP contribution in [0.25, 0.3) is 11.3 Å². The normalized spacial score (nSPS) is 11.1. The van der Waals surface area contributed by atoms with E-state index >= 15 is 0 Å². The van der Waals surface area contributed by atoms with Crippen LogP contribution in [0.5, 0.6) is 0 Å². The van der Waals surface area contributed by atoms with E-state index in [1.165, 1.54) is 7.11 Å². The van der Waals surface area contributed by atoms with Crippen molar-refractivity contribution in [3.05, 3.63) is 40.2 Å². The van der Waals surface area contributed by atoms with Crippen molar-refractivity contribution < 1.29 is 9.53 Å². The molecule has 1 atom stereocenters. The highest BCUT2D eigenvalue weighted by atomic mass is 35.5. The van der Waals surface area contributed by atoms with Gasteiger partial charge in [-0.2, -0.15) is 0 Å². The molecule has 24 heavy (non-hydrogen) atoms. The van der Waals surface area contributed by atoms with Gasteiger partial charge in [0, 0.05) is 24.6 Å². The Balaban J connectivity index is 0.00000264. The molecule has 0 bridgehead atoms. The smallest absolute Gasteiger partial charge is 0.239 e. The molecule has 0 saturated carbocycles. The number of aryl methyl sites for hydroxylation is 1. The number of nitrogens with one attached hydrogen (secondary N) is 1. The molecule has 134 valence electrons. The van der Waals surface area contributed by atoms with E-state index in [4.69, 9.17) is 10.5 Å². The van der Waals surface area contributed by atoms with E-state index in [9.17, 15) is 4.79 Å². The van der Waals surface area contributed by atoms with Gasteiger partial charge < -0.3 is 15.8 Å². The number of benzene rings is 1. The van der Waals surface area contributed by atoms with Crippen molar-refractivity contribution >= 4 is 42.1 Å². The number of halogens is 2. The third-order valence-electron chi connectivity index (χ3n) is 3.26. The lowest BCUT2D eigenvalue weighted by Crippen LogP contribution is -2.44. The van der Waals surface area contributed by atoms with Crippen molar-refractivity contribution in [1.29, 1.82) is 0 Å². The van der Waals surface area contributed by atoms with Crippen LogP contribution < -0.4 is 11.1 Å². The molecule has 0 aliphatic heterocycles. The fourth-order valence-electron chi connectivity index (χ4n) is 2.05. The summed E-state index contributed by atoms with van der Waals surface area (Å²) in [5.41, 5.74) is 8.93. The zero-order valence-electron chi connectivity index (χ0n) is 13.7. The minimum Gasteiger partial charge on any atom is -0.383 e. The first-order valence-electron chi connectivity index (χ1n) is 7.14. The van der Waals surface area contributed by atoms with Gasteiger partial charge >= 0.3 is 0 Å². The summed E-state index contributed by atoms with van der Waals surface area (Å²) in [5, 5.41) is 5.93. The maximum absolute atomic E-state index is 11.6. The number of amides is 1. The Labute approximate surface area is 158 Å². The summed E-state index contributed by atoms with van der Waals surface area (Å²) in [6.07, 6.45) is 0.766. The predicted octanol–water partition coefficient (Wildman–Crippen LogP) is 2.59. The maximum atomic E-state index is 11.6. The number of ether oxygens (including phenoxy) is 1. The number of aromatic nitrogens is 1. The van der Waals surface area contributed by atoms with E-state index in [2.05, 4.69) is 39.9 Å². The molecule has 8 heteroatoms. The molecule has 1 aromatic heterocycles. The molecule has 1 amide bonds. The molecule has 2 rings (SSSR count). The molecular weight excluding hydrogens is 369 g/mol. The number of carbonyl (C=O) groups is 1. The fraction of sp³-hybridized carbons (Fsp3) is 0.375. The number of carbonyl (C=O) groups excluding carboxylic acids is 1. The Hall–Kier alpha value is -1.18. The van der Waals surface area contributed by atoms with Gasteiger partial charge in [0.25, 0.3) is 0 Å². The molecule has 0 spiro atoms. The van der Waals surface area contributed by atoms with Gasteiger partial charge in [0.1, 0.15) is 6.04 Å². The van der Waals surface area contributed by atoms with Gasteiger partial charge in [0.15, 0.2) is 0 Å². The number of nitrogens with two attached hydrogens (primary N) is 1. The minimum atomic E-state index is -0.611. The number of hydrogen-bond acceptors (Lipinski definition) is 5. The molecular formula is C16H23Cl2N3O2S. The molecule has 0 saturated heterocycles. The van der Waals surface area contributed by atoms with Crippen LogP contribution in [0.15, 0.2) is 29.6 Å². The summed E-state index contributed by atoms with van der Waals surface area (Å²) in [5.74, 6) is -0.184. The van der Waals surface area contributed by atoms with Crippen LogP contribution in [0.1, 0.15) is 10.6 Å². The Kier molecular flexibility index (Phi) is 10.8. The number of rotatable bonds is 7. The number of hydrogen-bond donors (Lipinski definition) is 2. The summed E-state index contributed by atoms with van der Waals surface area (Å²) in [6.45, 7) is 2.79. The topological polar surface area (TPSA) is 77.2 Å². The molecule has 0 aliphatic carbocycles. The van der Waals surface area contributed by atoms with Crippen molar-refractivity contribution in [1.82, 2.24) is 10.3 Å². The highest BCUT2D eigenvalue weighted by Gasteiger charge is 2.11.